The van der Waals surface area contributed by atoms with Crippen LogP contribution >= 0.6 is 11.3 Å². The Morgan fingerprint density at radius 2 is 2.11 bits per heavy atom. The molecule has 1 aliphatic heterocycles. The number of carbonyl (C=O) groups excluding carboxylic acids is 1. The number of amides is 1. The largest absolute Gasteiger partial charge is 0.342 e. The van der Waals surface area contributed by atoms with E-state index in [1.807, 2.05) is 31.2 Å². The summed E-state index contributed by atoms with van der Waals surface area (Å²) >= 11 is 1.45. The zero-order valence-corrected chi connectivity index (χ0v) is 16.8. The van der Waals surface area contributed by atoms with E-state index in [4.69, 9.17) is 4.98 Å². The number of imidazole rings is 1. The fourth-order valence-electron chi connectivity index (χ4n) is 3.61. The highest BCUT2D eigenvalue weighted by atomic mass is 32.1. The molecule has 0 aliphatic carbocycles. The monoisotopic (exact) mass is 396 g/mol. The molecular formula is C20H24N6OS. The Labute approximate surface area is 168 Å². The van der Waals surface area contributed by atoms with Crippen LogP contribution in [0.25, 0.3) is 11.0 Å². The third kappa shape index (κ3) is 3.64. The van der Waals surface area contributed by atoms with Gasteiger partial charge in [-0.15, -0.1) is 16.8 Å². The number of para-hydroxylation sites is 2. The van der Waals surface area contributed by atoms with Crippen LogP contribution in [-0.2, 0) is 17.8 Å². The Morgan fingerprint density at radius 1 is 1.32 bits per heavy atom. The molecule has 0 spiro atoms. The Balaban J connectivity index is 1.44. The van der Waals surface area contributed by atoms with Gasteiger partial charge in [-0.2, -0.15) is 0 Å². The van der Waals surface area contributed by atoms with Crippen LogP contribution in [-0.4, -0.2) is 38.7 Å². The van der Waals surface area contributed by atoms with E-state index in [2.05, 4.69) is 37.6 Å². The standard InChI is InChI=1S/C20H24N6OS/c1-3-11-26-16-8-6-5-7-15(16)21-20(26)25-12-9-14(10-13-25)18(27)22-19-24-23-17(4-2)28-19/h3,5-8,14H,1,4,9-13H2,2H3,(H,22,24,27). The smallest absolute Gasteiger partial charge is 0.229 e. The number of carbonyl (C=O) groups is 1. The number of rotatable bonds is 6. The highest BCUT2D eigenvalue weighted by Crippen LogP contribution is 2.28. The second-order valence-corrected chi connectivity index (χ2v) is 7.97. The van der Waals surface area contributed by atoms with E-state index in [-0.39, 0.29) is 11.8 Å². The fourth-order valence-corrected chi connectivity index (χ4v) is 4.29. The Kier molecular flexibility index (Phi) is 5.38. The summed E-state index contributed by atoms with van der Waals surface area (Å²) in [6.07, 6.45) is 4.31. The van der Waals surface area contributed by atoms with Crippen molar-refractivity contribution in [2.45, 2.75) is 32.7 Å². The van der Waals surface area contributed by atoms with Crippen LogP contribution in [0.4, 0.5) is 11.1 Å². The Morgan fingerprint density at radius 3 is 2.82 bits per heavy atom. The summed E-state index contributed by atoms with van der Waals surface area (Å²) in [6, 6.07) is 8.15. The van der Waals surface area contributed by atoms with Gasteiger partial charge >= 0.3 is 0 Å². The van der Waals surface area contributed by atoms with Crippen molar-refractivity contribution in [1.29, 1.82) is 0 Å². The van der Waals surface area contributed by atoms with Crippen molar-refractivity contribution in [3.63, 3.8) is 0 Å². The number of anilines is 2. The van der Waals surface area contributed by atoms with Gasteiger partial charge in [0.25, 0.3) is 0 Å². The predicted molar refractivity (Wildman–Crippen MR) is 113 cm³/mol. The predicted octanol–water partition coefficient (Wildman–Crippen LogP) is 3.49. The minimum atomic E-state index is -0.0116. The van der Waals surface area contributed by atoms with E-state index in [1.54, 1.807) is 0 Å². The maximum Gasteiger partial charge on any atom is 0.229 e. The van der Waals surface area contributed by atoms with Crippen LogP contribution < -0.4 is 10.2 Å². The molecule has 7 nitrogen and oxygen atoms in total. The molecule has 1 aliphatic rings. The summed E-state index contributed by atoms with van der Waals surface area (Å²) in [5.74, 6) is 0.983. The highest BCUT2D eigenvalue weighted by molar-refractivity contribution is 7.15. The van der Waals surface area contributed by atoms with Crippen LogP contribution in [0.3, 0.4) is 0 Å². The van der Waals surface area contributed by atoms with Gasteiger partial charge in [-0.3, -0.25) is 4.79 Å². The summed E-state index contributed by atoms with van der Waals surface area (Å²) < 4.78 is 2.19. The first-order valence-corrected chi connectivity index (χ1v) is 10.5. The maximum absolute atomic E-state index is 12.6. The van der Waals surface area contributed by atoms with Gasteiger partial charge in [0.05, 0.1) is 11.0 Å². The second kappa shape index (κ2) is 8.10. The first kappa shape index (κ1) is 18.6. The van der Waals surface area contributed by atoms with E-state index in [9.17, 15) is 4.79 Å². The zero-order valence-electron chi connectivity index (χ0n) is 16.0. The number of benzene rings is 1. The van der Waals surface area contributed by atoms with Crippen LogP contribution in [0.5, 0.6) is 0 Å². The lowest BCUT2D eigenvalue weighted by Gasteiger charge is -2.32. The van der Waals surface area contributed by atoms with Crippen molar-refractivity contribution < 1.29 is 4.79 Å². The molecule has 28 heavy (non-hydrogen) atoms. The number of allylic oxidation sites excluding steroid dienone is 1. The molecule has 1 aromatic carbocycles. The number of nitrogens with zero attached hydrogens (tertiary/aromatic N) is 5. The van der Waals surface area contributed by atoms with Crippen molar-refractivity contribution in [2.75, 3.05) is 23.3 Å². The molecule has 1 fully saturated rings. The maximum atomic E-state index is 12.6. The Hall–Kier alpha value is -2.74. The van der Waals surface area contributed by atoms with E-state index in [0.717, 1.165) is 54.3 Å². The molecule has 0 saturated carbocycles. The molecule has 0 radical (unpaired) electrons. The lowest BCUT2D eigenvalue weighted by Crippen LogP contribution is -2.39. The van der Waals surface area contributed by atoms with Crippen molar-refractivity contribution in [3.8, 4) is 0 Å². The number of aryl methyl sites for hydroxylation is 1. The Bertz CT molecular complexity index is 986. The van der Waals surface area contributed by atoms with Crippen molar-refractivity contribution in [3.05, 3.63) is 41.9 Å². The minimum absolute atomic E-state index is 0.0116. The van der Waals surface area contributed by atoms with E-state index < -0.39 is 0 Å². The van der Waals surface area contributed by atoms with Gasteiger partial charge in [-0.05, 0) is 31.4 Å². The molecule has 8 heteroatoms. The topological polar surface area (TPSA) is 75.9 Å². The molecule has 0 unspecified atom stereocenters. The van der Waals surface area contributed by atoms with Crippen molar-refractivity contribution in [1.82, 2.24) is 19.7 Å². The van der Waals surface area contributed by atoms with E-state index in [0.29, 0.717) is 11.7 Å². The van der Waals surface area contributed by atoms with Gasteiger partial charge in [0.1, 0.15) is 5.01 Å². The van der Waals surface area contributed by atoms with E-state index >= 15 is 0 Å². The van der Waals surface area contributed by atoms with Gasteiger partial charge < -0.3 is 14.8 Å². The molecule has 146 valence electrons. The molecule has 1 saturated heterocycles. The third-order valence-electron chi connectivity index (χ3n) is 5.09. The first-order valence-electron chi connectivity index (χ1n) is 9.64. The summed E-state index contributed by atoms with van der Waals surface area (Å²) in [5.41, 5.74) is 2.10. The first-order chi connectivity index (χ1) is 13.7. The summed E-state index contributed by atoms with van der Waals surface area (Å²) in [4.78, 5) is 19.7. The number of fused-ring (bicyclic) bond motifs is 1. The van der Waals surface area contributed by atoms with Crippen molar-refractivity contribution >= 4 is 39.4 Å². The zero-order chi connectivity index (χ0) is 19.5. The lowest BCUT2D eigenvalue weighted by molar-refractivity contribution is -0.120. The molecule has 1 N–H and O–H groups in total. The molecule has 2 aromatic heterocycles. The molecule has 3 aromatic rings. The summed E-state index contributed by atoms with van der Waals surface area (Å²) in [5, 5.41) is 12.6. The quantitative estimate of drug-likeness (QED) is 0.646. The molecule has 0 atom stereocenters. The third-order valence-corrected chi connectivity index (χ3v) is 6.08. The van der Waals surface area contributed by atoms with Crippen LogP contribution in [0.15, 0.2) is 36.9 Å². The number of hydrogen-bond donors (Lipinski definition) is 1. The minimum Gasteiger partial charge on any atom is -0.342 e. The highest BCUT2D eigenvalue weighted by Gasteiger charge is 2.28. The molecule has 1 amide bonds. The van der Waals surface area contributed by atoms with Crippen LogP contribution in [0.2, 0.25) is 0 Å². The lowest BCUT2D eigenvalue weighted by atomic mass is 9.96. The summed E-state index contributed by atoms with van der Waals surface area (Å²) in [6.45, 7) is 8.23. The second-order valence-electron chi connectivity index (χ2n) is 6.90. The number of nitrogens with one attached hydrogen (secondary N) is 1. The SMILES string of the molecule is C=CCn1c(N2CCC(C(=O)Nc3nnc(CC)s3)CC2)nc2ccccc21. The van der Waals surface area contributed by atoms with Gasteiger partial charge in [0, 0.05) is 25.6 Å². The average molecular weight is 397 g/mol. The number of piperidine rings is 1. The summed E-state index contributed by atoms with van der Waals surface area (Å²) in [7, 11) is 0. The van der Waals surface area contributed by atoms with Crippen molar-refractivity contribution in [2.24, 2.45) is 5.92 Å². The molecular weight excluding hydrogens is 372 g/mol. The molecule has 4 rings (SSSR count). The van der Waals surface area contributed by atoms with Gasteiger partial charge in [0.15, 0.2) is 0 Å². The normalized spacial score (nSPS) is 15.1. The van der Waals surface area contributed by atoms with Crippen LogP contribution in [0.1, 0.15) is 24.8 Å². The molecule has 0 bridgehead atoms. The van der Waals surface area contributed by atoms with Gasteiger partial charge in [-0.25, -0.2) is 4.98 Å². The van der Waals surface area contributed by atoms with E-state index in [1.165, 1.54) is 11.3 Å². The average Bonchev–Trinajstić information content (AvgIpc) is 3.33. The van der Waals surface area contributed by atoms with Crippen LogP contribution in [0, 0.1) is 5.92 Å². The fraction of sp³-hybridized carbons (Fsp3) is 0.400. The number of aromatic nitrogens is 4. The number of hydrogen-bond acceptors (Lipinski definition) is 6. The van der Waals surface area contributed by atoms with Gasteiger partial charge in [0.2, 0.25) is 17.0 Å². The molecule has 3 heterocycles. The van der Waals surface area contributed by atoms with Gasteiger partial charge in [-0.1, -0.05) is 36.5 Å².